The van der Waals surface area contributed by atoms with Crippen molar-refractivity contribution < 1.29 is 14.4 Å². The van der Waals surface area contributed by atoms with E-state index in [0.29, 0.717) is 23.1 Å². The zero-order valence-electron chi connectivity index (χ0n) is 16.9. The number of carbonyl (C=O) groups excluding carboxylic acids is 3. The minimum absolute atomic E-state index is 0.249. The van der Waals surface area contributed by atoms with Crippen LogP contribution in [-0.4, -0.2) is 17.3 Å². The van der Waals surface area contributed by atoms with Crippen molar-refractivity contribution in [1.29, 1.82) is 0 Å². The zero-order chi connectivity index (χ0) is 21.3. The minimum atomic E-state index is -1.15. The topological polar surface area (TPSA) is 51.2 Å². The number of benzene rings is 3. The summed E-state index contributed by atoms with van der Waals surface area (Å²) < 4.78 is 0. The van der Waals surface area contributed by atoms with Crippen molar-refractivity contribution in [2.24, 2.45) is 5.92 Å². The Morgan fingerprint density at radius 3 is 1.57 bits per heavy atom. The second-order valence-corrected chi connectivity index (χ2v) is 7.04. The zero-order valence-corrected chi connectivity index (χ0v) is 16.9. The highest BCUT2D eigenvalue weighted by atomic mass is 16.2. The van der Waals surface area contributed by atoms with Gasteiger partial charge in [0.1, 0.15) is 0 Å². The van der Waals surface area contributed by atoms with E-state index in [2.05, 4.69) is 0 Å². The van der Waals surface area contributed by atoms with Gasteiger partial charge in [0.05, 0.1) is 11.8 Å². The third-order valence-corrected chi connectivity index (χ3v) is 5.00. The molecule has 0 N–H and O–H groups in total. The van der Waals surface area contributed by atoms with Gasteiger partial charge in [0.25, 0.3) is 0 Å². The van der Waals surface area contributed by atoms with Crippen LogP contribution in [-0.2, 0) is 4.79 Å². The number of Topliss-reactive ketones (excluding diaryl/α,β-unsaturated/α-hetero) is 2. The summed E-state index contributed by atoms with van der Waals surface area (Å²) in [6.45, 7) is 1.93. The van der Waals surface area contributed by atoms with Gasteiger partial charge in [0.2, 0.25) is 0 Å². The van der Waals surface area contributed by atoms with Crippen LogP contribution >= 0.6 is 0 Å². The highest BCUT2D eigenvalue weighted by molar-refractivity contribution is 6.20. The molecule has 3 rings (SSSR count). The van der Waals surface area contributed by atoms with Crippen LogP contribution in [0.2, 0.25) is 0 Å². The van der Waals surface area contributed by atoms with Gasteiger partial charge in [-0.25, -0.2) is 0 Å². The molecule has 0 unspecified atom stereocenters. The van der Waals surface area contributed by atoms with Crippen molar-refractivity contribution in [3.05, 3.63) is 120 Å². The van der Waals surface area contributed by atoms with Crippen LogP contribution in [0.25, 0.3) is 0 Å². The molecule has 0 aliphatic rings. The molecule has 0 aliphatic carbocycles. The van der Waals surface area contributed by atoms with Gasteiger partial charge in [-0.1, -0.05) is 104 Å². The fourth-order valence-electron chi connectivity index (χ4n) is 3.50. The third kappa shape index (κ3) is 4.87. The number of ketones is 3. The average Bonchev–Trinajstić information content (AvgIpc) is 2.81. The third-order valence-electron chi connectivity index (χ3n) is 5.00. The van der Waals surface area contributed by atoms with Crippen molar-refractivity contribution in [2.75, 3.05) is 0 Å². The monoisotopic (exact) mass is 396 g/mol. The molecule has 0 saturated heterocycles. The van der Waals surface area contributed by atoms with E-state index < -0.39 is 11.8 Å². The maximum absolute atomic E-state index is 13.6. The number of hydrogen-bond donors (Lipinski definition) is 0. The quantitative estimate of drug-likeness (QED) is 0.265. The van der Waals surface area contributed by atoms with E-state index in [1.807, 2.05) is 37.3 Å². The van der Waals surface area contributed by atoms with Crippen LogP contribution in [0, 0.1) is 5.92 Å². The first-order valence-electron chi connectivity index (χ1n) is 10.1. The largest absolute Gasteiger partial charge is 0.294 e. The van der Waals surface area contributed by atoms with E-state index in [-0.39, 0.29) is 17.3 Å². The van der Waals surface area contributed by atoms with E-state index in [1.165, 1.54) is 6.08 Å². The maximum Gasteiger partial charge on any atom is 0.174 e. The summed E-state index contributed by atoms with van der Waals surface area (Å²) in [5.41, 5.74) is 1.49. The van der Waals surface area contributed by atoms with Crippen LogP contribution in [0.4, 0.5) is 0 Å². The van der Waals surface area contributed by atoms with E-state index in [4.69, 9.17) is 0 Å². The Labute approximate surface area is 177 Å². The highest BCUT2D eigenvalue weighted by Crippen LogP contribution is 2.32. The Bertz CT molecular complexity index is 970. The van der Waals surface area contributed by atoms with Crippen molar-refractivity contribution in [2.45, 2.75) is 19.3 Å². The fourth-order valence-corrected chi connectivity index (χ4v) is 3.50. The molecule has 3 aromatic carbocycles. The first-order chi connectivity index (χ1) is 14.6. The molecule has 0 fully saturated rings. The standard InChI is InChI=1S/C27H24O3/c1-2-3-19-23(28)24(20-13-7-4-8-14-20)25(26(29)21-15-9-5-10-16-21)27(30)22-17-11-6-12-18-22/h3-19,24-25H,2H2,1H3/b19-3+/t24-/m1/s1. The van der Waals surface area contributed by atoms with Crippen LogP contribution in [0.3, 0.4) is 0 Å². The Morgan fingerprint density at radius 2 is 1.13 bits per heavy atom. The molecule has 0 amide bonds. The van der Waals surface area contributed by atoms with Crippen molar-refractivity contribution in [1.82, 2.24) is 0 Å². The first kappa shape index (κ1) is 21.1. The van der Waals surface area contributed by atoms with E-state index in [9.17, 15) is 14.4 Å². The SMILES string of the molecule is CC/C=C/C(=O)[C@@H](c1ccccc1)C(C(=O)c1ccccc1)C(=O)c1ccccc1. The molecule has 0 radical (unpaired) electrons. The molecule has 3 nitrogen and oxygen atoms in total. The Hall–Kier alpha value is -3.59. The van der Waals surface area contributed by atoms with Crippen molar-refractivity contribution >= 4 is 17.3 Å². The van der Waals surface area contributed by atoms with Gasteiger partial charge < -0.3 is 0 Å². The normalized spacial score (nSPS) is 12.1. The molecule has 0 aromatic heterocycles. The smallest absolute Gasteiger partial charge is 0.174 e. The second-order valence-electron chi connectivity index (χ2n) is 7.04. The summed E-state index contributed by atoms with van der Waals surface area (Å²) in [6, 6.07) is 26.5. The molecule has 0 saturated carbocycles. The van der Waals surface area contributed by atoms with E-state index in [1.54, 1.807) is 66.7 Å². The van der Waals surface area contributed by atoms with Gasteiger partial charge in [0.15, 0.2) is 17.3 Å². The summed E-state index contributed by atoms with van der Waals surface area (Å²) in [6.07, 6.45) is 3.94. The predicted octanol–water partition coefficient (Wildman–Crippen LogP) is 5.69. The molecule has 3 heteroatoms. The second kappa shape index (κ2) is 10.3. The van der Waals surface area contributed by atoms with Gasteiger partial charge in [0, 0.05) is 11.1 Å². The molecule has 3 aromatic rings. The Kier molecular flexibility index (Phi) is 7.23. The predicted molar refractivity (Wildman–Crippen MR) is 119 cm³/mol. The first-order valence-corrected chi connectivity index (χ1v) is 10.1. The lowest BCUT2D eigenvalue weighted by atomic mass is 9.75. The summed E-state index contributed by atoms with van der Waals surface area (Å²) >= 11 is 0. The van der Waals surface area contributed by atoms with Gasteiger partial charge in [-0.05, 0) is 18.1 Å². The molecule has 0 aliphatic heterocycles. The molecular weight excluding hydrogens is 372 g/mol. The molecule has 0 spiro atoms. The van der Waals surface area contributed by atoms with Gasteiger partial charge >= 0.3 is 0 Å². The van der Waals surface area contributed by atoms with Gasteiger partial charge in [-0.15, -0.1) is 0 Å². The molecule has 0 bridgehead atoms. The van der Waals surface area contributed by atoms with Crippen molar-refractivity contribution in [3.63, 3.8) is 0 Å². The summed E-state index contributed by atoms with van der Waals surface area (Å²) in [4.78, 5) is 40.3. The molecule has 30 heavy (non-hydrogen) atoms. The van der Waals surface area contributed by atoms with Gasteiger partial charge in [-0.2, -0.15) is 0 Å². The number of allylic oxidation sites excluding steroid dienone is 2. The van der Waals surface area contributed by atoms with Crippen LogP contribution in [0.1, 0.15) is 45.5 Å². The van der Waals surface area contributed by atoms with E-state index in [0.717, 1.165) is 0 Å². The summed E-state index contributed by atoms with van der Waals surface area (Å²) in [5.74, 6) is -2.99. The minimum Gasteiger partial charge on any atom is -0.294 e. The number of hydrogen-bond acceptors (Lipinski definition) is 3. The van der Waals surface area contributed by atoms with Crippen LogP contribution in [0.5, 0.6) is 0 Å². The highest BCUT2D eigenvalue weighted by Gasteiger charge is 2.39. The van der Waals surface area contributed by atoms with Gasteiger partial charge in [-0.3, -0.25) is 14.4 Å². The molecule has 150 valence electrons. The average molecular weight is 396 g/mol. The van der Waals surface area contributed by atoms with Crippen LogP contribution in [0.15, 0.2) is 103 Å². The Morgan fingerprint density at radius 1 is 0.700 bits per heavy atom. The Balaban J connectivity index is 2.16. The number of carbonyl (C=O) groups is 3. The molecular formula is C27H24O3. The number of rotatable bonds is 9. The van der Waals surface area contributed by atoms with Crippen LogP contribution < -0.4 is 0 Å². The summed E-state index contributed by atoms with van der Waals surface area (Å²) in [7, 11) is 0. The lowest BCUT2D eigenvalue weighted by Crippen LogP contribution is -2.34. The molecule has 1 atom stereocenters. The van der Waals surface area contributed by atoms with E-state index >= 15 is 0 Å². The fraction of sp³-hybridized carbons (Fsp3) is 0.148. The lowest BCUT2D eigenvalue weighted by molar-refractivity contribution is -0.116. The van der Waals surface area contributed by atoms with Crippen molar-refractivity contribution in [3.8, 4) is 0 Å². The summed E-state index contributed by atoms with van der Waals surface area (Å²) in [5, 5.41) is 0. The lowest BCUT2D eigenvalue weighted by Gasteiger charge is -2.24. The maximum atomic E-state index is 13.6. The molecule has 0 heterocycles.